The van der Waals surface area contributed by atoms with Crippen molar-refractivity contribution in [2.45, 2.75) is 13.3 Å². The van der Waals surface area contributed by atoms with Crippen molar-refractivity contribution < 1.29 is 39.5 Å². The summed E-state index contributed by atoms with van der Waals surface area (Å²) in [5.74, 6) is -0.981. The van der Waals surface area contributed by atoms with Crippen LogP contribution in [0.3, 0.4) is 0 Å². The summed E-state index contributed by atoms with van der Waals surface area (Å²) in [6.07, 6.45) is 1.83. The second-order valence-electron chi connectivity index (χ2n) is 1.04. The van der Waals surface area contributed by atoms with Crippen molar-refractivity contribution in [3.8, 4) is 0 Å². The fraction of sp³-hybridized carbons (Fsp3) is 0.333. The van der Waals surface area contributed by atoms with Gasteiger partial charge in [0.2, 0.25) is 0 Å². The average Bonchev–Trinajstić information content (AvgIpc) is 1.69. The minimum Gasteiger partial charge on any atom is -0.478 e. The van der Waals surface area contributed by atoms with Crippen LogP contribution in [0.4, 0.5) is 0 Å². The van der Waals surface area contributed by atoms with E-state index in [9.17, 15) is 4.79 Å². The molecule has 0 saturated heterocycles. The third-order valence-electron chi connectivity index (χ3n) is 0.175. The summed E-state index contributed by atoms with van der Waals surface area (Å²) >= 11 is 0. The molecule has 1 N–H and O–H groups in total. The summed E-state index contributed by atoms with van der Waals surface area (Å²) in [7, 11) is 0. The van der Waals surface area contributed by atoms with Crippen LogP contribution in [0.2, 0.25) is 0 Å². The van der Waals surface area contributed by atoms with Crippen LogP contribution in [0.25, 0.3) is 0 Å². The van der Waals surface area contributed by atoms with E-state index in [4.69, 9.17) is 5.11 Å². The topological polar surface area (TPSA) is 37.3 Å². The van der Waals surface area contributed by atoms with Gasteiger partial charge in [-0.1, -0.05) is 13.5 Å². The van der Waals surface area contributed by atoms with Gasteiger partial charge in [0.05, 0.1) is 0 Å². The first-order chi connectivity index (χ1) is 3.68. The molecule has 0 saturated carbocycles. The molecule has 48 valence electrons. The van der Waals surface area contributed by atoms with Crippen LogP contribution in [0.1, 0.15) is 13.3 Å². The van der Waals surface area contributed by atoms with Crippen molar-refractivity contribution >= 4 is 5.97 Å². The largest absolute Gasteiger partial charge is 1.00 e. The van der Waals surface area contributed by atoms with Crippen molar-refractivity contribution in [2.24, 2.45) is 0 Å². The summed E-state index contributed by atoms with van der Waals surface area (Å²) in [5.41, 5.74) is 0. The average molecular weight is 138 g/mol. The molecule has 0 aromatic heterocycles. The van der Waals surface area contributed by atoms with E-state index >= 15 is 0 Å². The van der Waals surface area contributed by atoms with Gasteiger partial charge in [-0.15, -0.1) is 0 Å². The Kier molecular flexibility index (Phi) is 28.1. The van der Waals surface area contributed by atoms with Crippen LogP contribution in [-0.4, -0.2) is 11.1 Å². The third kappa shape index (κ3) is 64.8. The number of carboxylic acid groups (broad SMARTS) is 1. The van der Waals surface area contributed by atoms with Crippen LogP contribution in [0, 0.1) is 6.92 Å². The molecule has 0 bridgehead atoms. The zero-order valence-electron chi connectivity index (χ0n) is 6.05. The maximum Gasteiger partial charge on any atom is 1.00 e. The predicted octanol–water partition coefficient (Wildman–Crippen LogP) is -1.51. The van der Waals surface area contributed by atoms with E-state index in [2.05, 4.69) is 13.5 Å². The molecule has 0 rings (SSSR count). The van der Waals surface area contributed by atoms with E-state index in [1.54, 1.807) is 0 Å². The van der Waals surface area contributed by atoms with Gasteiger partial charge in [0, 0.05) is 6.08 Å². The van der Waals surface area contributed by atoms with Crippen LogP contribution in [0.15, 0.2) is 12.7 Å². The Balaban J connectivity index is -0.0000000800. The minimum atomic E-state index is -0.981. The fourth-order valence-electron chi connectivity index (χ4n) is 0. The normalized spacial score (nSPS) is 5.56. The SMILES string of the molecule is C=CC(=O)O.[CH2-]CC.[Na+]. The van der Waals surface area contributed by atoms with Gasteiger partial charge in [0.25, 0.3) is 0 Å². The van der Waals surface area contributed by atoms with Crippen molar-refractivity contribution in [3.63, 3.8) is 0 Å². The van der Waals surface area contributed by atoms with E-state index in [1.165, 1.54) is 0 Å². The summed E-state index contributed by atoms with van der Waals surface area (Å²) < 4.78 is 0. The van der Waals surface area contributed by atoms with Crippen LogP contribution in [0.5, 0.6) is 0 Å². The van der Waals surface area contributed by atoms with Crippen molar-refractivity contribution in [1.29, 1.82) is 0 Å². The number of carboxylic acids is 1. The van der Waals surface area contributed by atoms with E-state index in [0.717, 1.165) is 12.5 Å². The van der Waals surface area contributed by atoms with Gasteiger partial charge in [-0.25, -0.2) is 4.79 Å². The Hall–Kier alpha value is 0.210. The molecule has 0 spiro atoms. The Labute approximate surface area is 78.2 Å². The number of carbonyl (C=O) groups is 1. The van der Waals surface area contributed by atoms with Crippen LogP contribution >= 0.6 is 0 Å². The Morgan fingerprint density at radius 3 is 2.00 bits per heavy atom. The molecule has 0 fully saturated rings. The van der Waals surface area contributed by atoms with Gasteiger partial charge >= 0.3 is 35.5 Å². The minimum absolute atomic E-state index is 0. The van der Waals surface area contributed by atoms with Gasteiger partial charge in [0.1, 0.15) is 0 Å². The monoisotopic (exact) mass is 138 g/mol. The first kappa shape index (κ1) is 16.1. The Morgan fingerprint density at radius 1 is 1.89 bits per heavy atom. The summed E-state index contributed by atoms with van der Waals surface area (Å²) in [6, 6.07) is 0. The van der Waals surface area contributed by atoms with E-state index in [0.29, 0.717) is 0 Å². The summed E-state index contributed by atoms with van der Waals surface area (Å²) in [5, 5.41) is 7.60. The van der Waals surface area contributed by atoms with Crippen LogP contribution < -0.4 is 29.6 Å². The third-order valence-corrected chi connectivity index (χ3v) is 0.175. The quantitative estimate of drug-likeness (QED) is 0.272. The Bertz CT molecular complexity index is 71.5. The standard InChI is InChI=1S/C3H4O2.C3H7.Na/c1-2-3(4)5;1-3-2;/h2H,1H2,(H,4,5);1,3H2,2H3;/q;-1;+1. The molecule has 0 heterocycles. The molecule has 3 heteroatoms. The molecule has 0 atom stereocenters. The Morgan fingerprint density at radius 2 is 2.00 bits per heavy atom. The predicted molar refractivity (Wildman–Crippen MR) is 33.5 cm³/mol. The van der Waals surface area contributed by atoms with Crippen molar-refractivity contribution in [2.75, 3.05) is 0 Å². The van der Waals surface area contributed by atoms with E-state index in [1.807, 2.05) is 6.92 Å². The fourth-order valence-corrected chi connectivity index (χ4v) is 0. The van der Waals surface area contributed by atoms with Gasteiger partial charge in [-0.2, -0.15) is 6.42 Å². The first-order valence-corrected chi connectivity index (χ1v) is 2.33. The molecule has 0 aromatic rings. The number of aliphatic carboxylic acids is 1. The molecule has 0 aliphatic carbocycles. The number of hydrogen-bond acceptors (Lipinski definition) is 1. The molecule has 0 amide bonds. The summed E-state index contributed by atoms with van der Waals surface area (Å²) in [4.78, 5) is 9.25. The molecule has 0 aliphatic rings. The molecule has 0 aromatic carbocycles. The zero-order chi connectivity index (χ0) is 6.99. The molecule has 0 radical (unpaired) electrons. The smallest absolute Gasteiger partial charge is 0.478 e. The molecule has 2 nitrogen and oxygen atoms in total. The van der Waals surface area contributed by atoms with Gasteiger partial charge in [-0.05, 0) is 0 Å². The number of hydrogen-bond donors (Lipinski definition) is 1. The molecule has 0 unspecified atom stereocenters. The number of rotatable bonds is 1. The van der Waals surface area contributed by atoms with Gasteiger partial charge in [-0.3, -0.25) is 0 Å². The van der Waals surface area contributed by atoms with Crippen molar-refractivity contribution in [1.82, 2.24) is 0 Å². The second kappa shape index (κ2) is 15.7. The maximum absolute atomic E-state index is 9.25. The van der Waals surface area contributed by atoms with Crippen molar-refractivity contribution in [3.05, 3.63) is 19.6 Å². The van der Waals surface area contributed by atoms with Gasteiger partial charge in [0.15, 0.2) is 0 Å². The molecule has 0 aliphatic heterocycles. The summed E-state index contributed by atoms with van der Waals surface area (Å²) in [6.45, 7) is 8.46. The van der Waals surface area contributed by atoms with E-state index < -0.39 is 5.97 Å². The zero-order valence-corrected chi connectivity index (χ0v) is 8.05. The molecular weight excluding hydrogens is 127 g/mol. The maximum atomic E-state index is 9.25. The molecule has 9 heavy (non-hydrogen) atoms. The second-order valence-corrected chi connectivity index (χ2v) is 1.04. The van der Waals surface area contributed by atoms with E-state index in [-0.39, 0.29) is 29.6 Å². The van der Waals surface area contributed by atoms with Crippen LogP contribution in [-0.2, 0) is 4.79 Å². The van der Waals surface area contributed by atoms with Gasteiger partial charge < -0.3 is 12.0 Å². The first-order valence-electron chi connectivity index (χ1n) is 2.33. The molecular formula is C6H11NaO2.